The molecule has 0 saturated carbocycles. The lowest BCUT2D eigenvalue weighted by atomic mass is 10.00. The second-order valence-corrected chi connectivity index (χ2v) is 6.33. The molecule has 0 amide bonds. The SMILES string of the molecule is O=CCCN1CCC(OC(c2ccccc2)c2ccccc2)CC1. The normalized spacial score (nSPS) is 16.4. The molecule has 2 aromatic carbocycles. The van der Waals surface area contributed by atoms with Crippen LogP contribution in [0.25, 0.3) is 0 Å². The Kier molecular flexibility index (Phi) is 6.16. The van der Waals surface area contributed by atoms with E-state index in [2.05, 4.69) is 53.4 Å². The zero-order chi connectivity index (χ0) is 16.6. The minimum atomic E-state index is -0.0149. The second-order valence-electron chi connectivity index (χ2n) is 6.33. The number of rotatable bonds is 7. The molecule has 2 aromatic rings. The number of benzene rings is 2. The largest absolute Gasteiger partial charge is 0.365 e. The van der Waals surface area contributed by atoms with Crippen molar-refractivity contribution in [2.24, 2.45) is 0 Å². The maximum Gasteiger partial charge on any atom is 0.121 e. The molecule has 3 nitrogen and oxygen atoms in total. The van der Waals surface area contributed by atoms with Gasteiger partial charge in [0.05, 0.1) is 6.10 Å². The van der Waals surface area contributed by atoms with Crippen LogP contribution in [0.1, 0.15) is 36.5 Å². The van der Waals surface area contributed by atoms with Crippen molar-refractivity contribution in [1.29, 1.82) is 0 Å². The molecule has 0 atom stereocenters. The van der Waals surface area contributed by atoms with E-state index in [-0.39, 0.29) is 12.2 Å². The zero-order valence-corrected chi connectivity index (χ0v) is 14.0. The Balaban J connectivity index is 1.66. The van der Waals surface area contributed by atoms with Crippen LogP contribution in [-0.2, 0) is 9.53 Å². The predicted octanol–water partition coefficient (Wildman–Crippen LogP) is 3.85. The van der Waals surface area contributed by atoms with Crippen molar-refractivity contribution in [3.05, 3.63) is 71.8 Å². The Labute approximate surface area is 144 Å². The second kappa shape index (κ2) is 8.76. The molecule has 1 saturated heterocycles. The minimum Gasteiger partial charge on any atom is -0.365 e. The fourth-order valence-electron chi connectivity index (χ4n) is 3.30. The van der Waals surface area contributed by atoms with Crippen LogP contribution < -0.4 is 0 Å². The number of hydrogen-bond donors (Lipinski definition) is 0. The first kappa shape index (κ1) is 16.9. The first-order valence-corrected chi connectivity index (χ1v) is 8.78. The highest BCUT2D eigenvalue weighted by atomic mass is 16.5. The minimum absolute atomic E-state index is 0.0149. The Hall–Kier alpha value is -1.97. The summed E-state index contributed by atoms with van der Waals surface area (Å²) in [7, 11) is 0. The Morgan fingerprint density at radius 3 is 2.00 bits per heavy atom. The number of hydrogen-bond acceptors (Lipinski definition) is 3. The average Bonchev–Trinajstić information content (AvgIpc) is 2.67. The van der Waals surface area contributed by atoms with E-state index in [1.165, 1.54) is 11.1 Å². The van der Waals surface area contributed by atoms with Crippen LogP contribution in [0.15, 0.2) is 60.7 Å². The molecule has 0 spiro atoms. The van der Waals surface area contributed by atoms with Gasteiger partial charge in [-0.05, 0) is 24.0 Å². The van der Waals surface area contributed by atoms with Gasteiger partial charge in [-0.2, -0.15) is 0 Å². The van der Waals surface area contributed by atoms with Crippen molar-refractivity contribution >= 4 is 6.29 Å². The van der Waals surface area contributed by atoms with Crippen molar-refractivity contribution in [3.63, 3.8) is 0 Å². The Bertz CT molecular complexity index is 567. The van der Waals surface area contributed by atoms with Gasteiger partial charge in [0.15, 0.2) is 0 Å². The molecule has 3 rings (SSSR count). The average molecular weight is 323 g/mol. The van der Waals surface area contributed by atoms with E-state index in [4.69, 9.17) is 4.74 Å². The summed E-state index contributed by atoms with van der Waals surface area (Å²) in [6.45, 7) is 2.89. The molecule has 0 N–H and O–H groups in total. The van der Waals surface area contributed by atoms with E-state index >= 15 is 0 Å². The van der Waals surface area contributed by atoms with Crippen molar-refractivity contribution in [1.82, 2.24) is 4.90 Å². The van der Waals surface area contributed by atoms with Crippen molar-refractivity contribution in [3.8, 4) is 0 Å². The number of carbonyl (C=O) groups excluding carboxylic acids is 1. The van der Waals surface area contributed by atoms with Crippen LogP contribution in [-0.4, -0.2) is 36.9 Å². The van der Waals surface area contributed by atoms with Crippen molar-refractivity contribution in [2.45, 2.75) is 31.5 Å². The van der Waals surface area contributed by atoms with Gasteiger partial charge in [0.25, 0.3) is 0 Å². The van der Waals surface area contributed by atoms with Gasteiger partial charge in [-0.1, -0.05) is 60.7 Å². The van der Waals surface area contributed by atoms with E-state index in [0.29, 0.717) is 6.42 Å². The third-order valence-electron chi connectivity index (χ3n) is 4.63. The third-order valence-corrected chi connectivity index (χ3v) is 4.63. The van der Waals surface area contributed by atoms with Gasteiger partial charge in [-0.15, -0.1) is 0 Å². The maximum atomic E-state index is 10.5. The summed E-state index contributed by atoms with van der Waals surface area (Å²) in [5, 5.41) is 0. The molecule has 0 radical (unpaired) electrons. The quantitative estimate of drug-likeness (QED) is 0.725. The number of aldehydes is 1. The molecule has 126 valence electrons. The molecule has 3 heteroatoms. The number of piperidine rings is 1. The van der Waals surface area contributed by atoms with E-state index in [1.54, 1.807) is 0 Å². The molecule has 0 aromatic heterocycles. The predicted molar refractivity (Wildman–Crippen MR) is 96.0 cm³/mol. The molecular weight excluding hydrogens is 298 g/mol. The summed E-state index contributed by atoms with van der Waals surface area (Å²) in [6, 6.07) is 20.9. The Morgan fingerprint density at radius 1 is 0.958 bits per heavy atom. The van der Waals surface area contributed by atoms with Crippen LogP contribution in [0, 0.1) is 0 Å². The molecule has 0 bridgehead atoms. The van der Waals surface area contributed by atoms with Gasteiger partial charge in [0, 0.05) is 26.1 Å². The lowest BCUT2D eigenvalue weighted by Crippen LogP contribution is -2.38. The summed E-state index contributed by atoms with van der Waals surface area (Å²) in [6.07, 6.45) is 3.93. The summed E-state index contributed by atoms with van der Waals surface area (Å²) >= 11 is 0. The lowest BCUT2D eigenvalue weighted by Gasteiger charge is -2.34. The van der Waals surface area contributed by atoms with E-state index in [1.807, 2.05) is 12.1 Å². The topological polar surface area (TPSA) is 29.5 Å². The highest BCUT2D eigenvalue weighted by molar-refractivity contribution is 5.49. The van der Waals surface area contributed by atoms with Gasteiger partial charge in [-0.25, -0.2) is 0 Å². The van der Waals surface area contributed by atoms with Gasteiger partial charge >= 0.3 is 0 Å². The van der Waals surface area contributed by atoms with Gasteiger partial charge in [-0.3, -0.25) is 0 Å². The summed E-state index contributed by atoms with van der Waals surface area (Å²) in [5.74, 6) is 0. The molecule has 0 aliphatic carbocycles. The van der Waals surface area contributed by atoms with Crippen molar-refractivity contribution < 1.29 is 9.53 Å². The first-order valence-electron chi connectivity index (χ1n) is 8.78. The van der Waals surface area contributed by atoms with E-state index < -0.39 is 0 Å². The molecule has 24 heavy (non-hydrogen) atoms. The zero-order valence-electron chi connectivity index (χ0n) is 14.0. The summed E-state index contributed by atoms with van der Waals surface area (Å²) < 4.78 is 6.52. The fraction of sp³-hybridized carbons (Fsp3) is 0.381. The van der Waals surface area contributed by atoms with E-state index in [9.17, 15) is 4.79 Å². The molecule has 1 heterocycles. The summed E-state index contributed by atoms with van der Waals surface area (Å²) in [5.41, 5.74) is 2.40. The standard InChI is InChI=1S/C21H25NO2/c23-17-7-14-22-15-12-20(13-16-22)24-21(18-8-3-1-4-9-18)19-10-5-2-6-11-19/h1-6,8-11,17,20-21H,7,12-16H2. The van der Waals surface area contributed by atoms with E-state index in [0.717, 1.165) is 38.8 Å². The maximum absolute atomic E-state index is 10.5. The molecule has 1 aliphatic rings. The van der Waals surface area contributed by atoms with Crippen LogP contribution in [0.4, 0.5) is 0 Å². The molecule has 0 unspecified atom stereocenters. The molecule has 1 aliphatic heterocycles. The fourth-order valence-corrected chi connectivity index (χ4v) is 3.30. The molecular formula is C21H25NO2. The molecule has 1 fully saturated rings. The van der Waals surface area contributed by atoms with Crippen LogP contribution >= 0.6 is 0 Å². The van der Waals surface area contributed by atoms with Gasteiger partial charge < -0.3 is 14.4 Å². The van der Waals surface area contributed by atoms with Crippen molar-refractivity contribution in [2.75, 3.05) is 19.6 Å². The number of carbonyl (C=O) groups is 1. The first-order chi connectivity index (χ1) is 11.9. The smallest absolute Gasteiger partial charge is 0.121 e. The number of likely N-dealkylation sites (tertiary alicyclic amines) is 1. The van der Waals surface area contributed by atoms with Gasteiger partial charge in [0.2, 0.25) is 0 Å². The number of nitrogens with zero attached hydrogens (tertiary/aromatic N) is 1. The van der Waals surface area contributed by atoms with Gasteiger partial charge in [0.1, 0.15) is 12.4 Å². The lowest BCUT2D eigenvalue weighted by molar-refractivity contribution is -0.108. The highest BCUT2D eigenvalue weighted by Gasteiger charge is 2.24. The Morgan fingerprint density at radius 2 is 1.50 bits per heavy atom. The van der Waals surface area contributed by atoms with Crippen LogP contribution in [0.5, 0.6) is 0 Å². The van der Waals surface area contributed by atoms with Crippen LogP contribution in [0.2, 0.25) is 0 Å². The monoisotopic (exact) mass is 323 g/mol. The highest BCUT2D eigenvalue weighted by Crippen LogP contribution is 2.29. The van der Waals surface area contributed by atoms with Crippen LogP contribution in [0.3, 0.4) is 0 Å². The number of ether oxygens (including phenoxy) is 1. The third kappa shape index (κ3) is 4.53. The summed E-state index contributed by atoms with van der Waals surface area (Å²) in [4.78, 5) is 12.9.